The summed E-state index contributed by atoms with van der Waals surface area (Å²) in [6.45, 7) is 3.23. The summed E-state index contributed by atoms with van der Waals surface area (Å²) in [7, 11) is 1.68. The Morgan fingerprint density at radius 1 is 1.30 bits per heavy atom. The van der Waals surface area contributed by atoms with Crippen molar-refractivity contribution in [1.29, 1.82) is 5.26 Å². The molecule has 1 aliphatic heterocycles. The lowest BCUT2D eigenvalue weighted by molar-refractivity contribution is 0.0500. The summed E-state index contributed by atoms with van der Waals surface area (Å²) in [5.74, 6) is 0.883. The minimum atomic E-state index is 0.111. The van der Waals surface area contributed by atoms with Crippen LogP contribution in [0.3, 0.4) is 0 Å². The standard InChI is InChI=1S/C16H22N2O2/c1-19-15-5-3-14(4-6-15)16(7-11-20-12-8-16)13-18-10-2-9-17/h3-6,18H,2,7-8,10-13H2,1H3. The normalized spacial score (nSPS) is 17.4. The quantitative estimate of drug-likeness (QED) is 0.808. The maximum absolute atomic E-state index is 8.62. The molecule has 0 spiro atoms. The number of benzene rings is 1. The molecule has 1 aromatic carbocycles. The fourth-order valence-electron chi connectivity index (χ4n) is 2.75. The van der Waals surface area contributed by atoms with Gasteiger partial charge in [0.25, 0.3) is 0 Å². The Labute approximate surface area is 120 Å². The van der Waals surface area contributed by atoms with Gasteiger partial charge in [-0.05, 0) is 30.5 Å². The molecule has 1 fully saturated rings. The van der Waals surface area contributed by atoms with Gasteiger partial charge < -0.3 is 14.8 Å². The van der Waals surface area contributed by atoms with Gasteiger partial charge >= 0.3 is 0 Å². The van der Waals surface area contributed by atoms with E-state index in [9.17, 15) is 0 Å². The van der Waals surface area contributed by atoms with Gasteiger partial charge in [-0.15, -0.1) is 0 Å². The van der Waals surface area contributed by atoms with E-state index in [1.807, 2.05) is 12.1 Å². The van der Waals surface area contributed by atoms with E-state index in [0.717, 1.165) is 44.9 Å². The second kappa shape index (κ2) is 7.28. The Morgan fingerprint density at radius 2 is 2.00 bits per heavy atom. The molecule has 1 aliphatic rings. The highest BCUT2D eigenvalue weighted by Crippen LogP contribution is 2.35. The van der Waals surface area contributed by atoms with Crippen LogP contribution in [0.1, 0.15) is 24.8 Å². The third-order valence-electron chi connectivity index (χ3n) is 4.03. The first-order chi connectivity index (χ1) is 9.80. The maximum atomic E-state index is 8.62. The van der Waals surface area contributed by atoms with Crippen molar-refractivity contribution in [3.8, 4) is 11.8 Å². The van der Waals surface area contributed by atoms with Gasteiger partial charge in [-0.1, -0.05) is 12.1 Å². The second-order valence-electron chi connectivity index (χ2n) is 5.21. The van der Waals surface area contributed by atoms with Crippen LogP contribution in [0.4, 0.5) is 0 Å². The van der Waals surface area contributed by atoms with E-state index in [0.29, 0.717) is 6.42 Å². The predicted octanol–water partition coefficient (Wildman–Crippen LogP) is 2.25. The average Bonchev–Trinajstić information content (AvgIpc) is 2.53. The lowest BCUT2D eigenvalue weighted by Gasteiger charge is -2.38. The zero-order chi connectivity index (χ0) is 14.3. The summed E-state index contributed by atoms with van der Waals surface area (Å²) in [4.78, 5) is 0. The Kier molecular flexibility index (Phi) is 5.40. The van der Waals surface area contributed by atoms with Crippen LogP contribution in [0.25, 0.3) is 0 Å². The van der Waals surface area contributed by atoms with Gasteiger partial charge in [0.1, 0.15) is 5.75 Å². The number of rotatable bonds is 6. The zero-order valence-electron chi connectivity index (χ0n) is 12.0. The van der Waals surface area contributed by atoms with Crippen LogP contribution in [-0.2, 0) is 10.2 Å². The fourth-order valence-corrected chi connectivity index (χ4v) is 2.75. The molecule has 0 saturated carbocycles. The predicted molar refractivity (Wildman–Crippen MR) is 77.8 cm³/mol. The van der Waals surface area contributed by atoms with Crippen LogP contribution in [0, 0.1) is 11.3 Å². The van der Waals surface area contributed by atoms with Crippen molar-refractivity contribution in [2.24, 2.45) is 0 Å². The Bertz CT molecular complexity index is 445. The molecule has 4 nitrogen and oxygen atoms in total. The summed E-state index contributed by atoms with van der Waals surface area (Å²) in [6, 6.07) is 10.5. The minimum absolute atomic E-state index is 0.111. The van der Waals surface area contributed by atoms with E-state index in [2.05, 4.69) is 23.5 Å². The lowest BCUT2D eigenvalue weighted by Crippen LogP contribution is -2.43. The number of nitrogens with zero attached hydrogens (tertiary/aromatic N) is 1. The molecular weight excluding hydrogens is 252 g/mol. The first kappa shape index (κ1) is 14.8. The molecule has 4 heteroatoms. The summed E-state index contributed by atoms with van der Waals surface area (Å²) < 4.78 is 10.7. The van der Waals surface area contributed by atoms with Gasteiger partial charge in [0.2, 0.25) is 0 Å². The molecule has 1 aromatic rings. The van der Waals surface area contributed by atoms with Gasteiger partial charge in [0, 0.05) is 38.1 Å². The van der Waals surface area contributed by atoms with E-state index < -0.39 is 0 Å². The van der Waals surface area contributed by atoms with Gasteiger partial charge in [-0.25, -0.2) is 0 Å². The number of hydrogen-bond donors (Lipinski definition) is 1. The number of nitrogens with one attached hydrogen (secondary N) is 1. The molecule has 0 amide bonds. The lowest BCUT2D eigenvalue weighted by atomic mass is 9.74. The summed E-state index contributed by atoms with van der Waals surface area (Å²) in [5.41, 5.74) is 1.44. The van der Waals surface area contributed by atoms with Crippen molar-refractivity contribution in [1.82, 2.24) is 5.32 Å². The van der Waals surface area contributed by atoms with E-state index >= 15 is 0 Å². The second-order valence-corrected chi connectivity index (χ2v) is 5.21. The Morgan fingerprint density at radius 3 is 2.60 bits per heavy atom. The zero-order valence-corrected chi connectivity index (χ0v) is 12.0. The highest BCUT2D eigenvalue weighted by atomic mass is 16.5. The van der Waals surface area contributed by atoms with Gasteiger partial charge in [0.05, 0.1) is 13.2 Å². The topological polar surface area (TPSA) is 54.3 Å². The van der Waals surface area contributed by atoms with Gasteiger partial charge in [-0.2, -0.15) is 5.26 Å². The van der Waals surface area contributed by atoms with Crippen LogP contribution in [0.5, 0.6) is 5.75 Å². The van der Waals surface area contributed by atoms with Crippen molar-refractivity contribution in [2.75, 3.05) is 33.4 Å². The summed E-state index contributed by atoms with van der Waals surface area (Å²) in [6.07, 6.45) is 2.58. The average molecular weight is 274 g/mol. The maximum Gasteiger partial charge on any atom is 0.118 e. The Hall–Kier alpha value is -1.57. The van der Waals surface area contributed by atoms with Gasteiger partial charge in [-0.3, -0.25) is 0 Å². The highest BCUT2D eigenvalue weighted by molar-refractivity contribution is 5.33. The van der Waals surface area contributed by atoms with Gasteiger partial charge in [0.15, 0.2) is 0 Å². The number of hydrogen-bond acceptors (Lipinski definition) is 4. The molecule has 0 aromatic heterocycles. The molecular formula is C16H22N2O2. The van der Waals surface area contributed by atoms with E-state index in [1.165, 1.54) is 5.56 Å². The minimum Gasteiger partial charge on any atom is -0.497 e. The molecule has 1 saturated heterocycles. The van der Waals surface area contributed by atoms with E-state index in [1.54, 1.807) is 7.11 Å². The molecule has 0 radical (unpaired) electrons. The first-order valence-electron chi connectivity index (χ1n) is 7.11. The van der Waals surface area contributed by atoms with Crippen LogP contribution >= 0.6 is 0 Å². The third kappa shape index (κ3) is 3.50. The molecule has 2 rings (SSSR count). The van der Waals surface area contributed by atoms with Crippen molar-refractivity contribution in [3.05, 3.63) is 29.8 Å². The van der Waals surface area contributed by atoms with Crippen LogP contribution < -0.4 is 10.1 Å². The molecule has 20 heavy (non-hydrogen) atoms. The highest BCUT2D eigenvalue weighted by Gasteiger charge is 2.33. The molecule has 1 N–H and O–H groups in total. The van der Waals surface area contributed by atoms with Crippen molar-refractivity contribution < 1.29 is 9.47 Å². The molecule has 0 atom stereocenters. The number of ether oxygens (including phenoxy) is 2. The monoisotopic (exact) mass is 274 g/mol. The molecule has 0 bridgehead atoms. The third-order valence-corrected chi connectivity index (χ3v) is 4.03. The largest absolute Gasteiger partial charge is 0.497 e. The first-order valence-corrected chi connectivity index (χ1v) is 7.11. The van der Waals surface area contributed by atoms with E-state index in [4.69, 9.17) is 14.7 Å². The van der Waals surface area contributed by atoms with Crippen LogP contribution in [0.15, 0.2) is 24.3 Å². The summed E-state index contributed by atoms with van der Waals surface area (Å²) >= 11 is 0. The fraction of sp³-hybridized carbons (Fsp3) is 0.562. The molecule has 0 unspecified atom stereocenters. The number of methoxy groups -OCH3 is 1. The molecule has 1 heterocycles. The van der Waals surface area contributed by atoms with E-state index in [-0.39, 0.29) is 5.41 Å². The smallest absolute Gasteiger partial charge is 0.118 e. The summed E-state index contributed by atoms with van der Waals surface area (Å²) in [5, 5.41) is 12.0. The van der Waals surface area contributed by atoms with Crippen molar-refractivity contribution >= 4 is 0 Å². The molecule has 0 aliphatic carbocycles. The molecule has 108 valence electrons. The SMILES string of the molecule is COc1ccc(C2(CNCCC#N)CCOCC2)cc1. The van der Waals surface area contributed by atoms with Crippen molar-refractivity contribution in [3.63, 3.8) is 0 Å². The van der Waals surface area contributed by atoms with Crippen LogP contribution in [0.2, 0.25) is 0 Å². The number of nitriles is 1. The Balaban J connectivity index is 2.10. The van der Waals surface area contributed by atoms with Crippen molar-refractivity contribution in [2.45, 2.75) is 24.7 Å². The van der Waals surface area contributed by atoms with Crippen LogP contribution in [-0.4, -0.2) is 33.4 Å².